The van der Waals surface area contributed by atoms with Crippen molar-refractivity contribution >= 4 is 11.6 Å². The van der Waals surface area contributed by atoms with Gasteiger partial charge in [-0.3, -0.25) is 4.79 Å². The van der Waals surface area contributed by atoms with E-state index < -0.39 is 0 Å². The summed E-state index contributed by atoms with van der Waals surface area (Å²) in [5.74, 6) is 0.0288. The van der Waals surface area contributed by atoms with E-state index in [1.165, 1.54) is 0 Å². The van der Waals surface area contributed by atoms with Crippen LogP contribution in [0.2, 0.25) is 0 Å². The Kier molecular flexibility index (Phi) is 3.65. The van der Waals surface area contributed by atoms with Gasteiger partial charge in [0.2, 0.25) is 5.91 Å². The fourth-order valence-corrected chi connectivity index (χ4v) is 1.39. The highest BCUT2D eigenvalue weighted by molar-refractivity contribution is 5.91. The lowest BCUT2D eigenvalue weighted by molar-refractivity contribution is -0.116. The number of hydrogen-bond donors (Lipinski definition) is 1. The molecule has 3 nitrogen and oxygen atoms in total. The van der Waals surface area contributed by atoms with E-state index in [9.17, 15) is 4.79 Å². The van der Waals surface area contributed by atoms with E-state index in [1.54, 1.807) is 11.8 Å². The Balaban J connectivity index is 2.93. The number of anilines is 1. The molecule has 0 aliphatic heterocycles. The van der Waals surface area contributed by atoms with Crippen LogP contribution >= 0.6 is 0 Å². The van der Waals surface area contributed by atoms with Crippen LogP contribution in [0, 0.1) is 6.92 Å². The molecule has 0 fully saturated rings. The number of carbonyl (C=O) groups excluding carboxylic acids is 1. The zero-order valence-corrected chi connectivity index (χ0v) is 8.66. The van der Waals surface area contributed by atoms with Crippen molar-refractivity contribution in [3.63, 3.8) is 0 Å². The van der Waals surface area contributed by atoms with Crippen LogP contribution in [0.15, 0.2) is 24.3 Å². The van der Waals surface area contributed by atoms with Gasteiger partial charge < -0.3 is 10.6 Å². The molecule has 0 aliphatic rings. The molecule has 1 rings (SSSR count). The second-order valence-corrected chi connectivity index (χ2v) is 3.30. The van der Waals surface area contributed by atoms with E-state index in [0.29, 0.717) is 13.1 Å². The molecule has 0 radical (unpaired) electrons. The minimum atomic E-state index is 0.0288. The van der Waals surface area contributed by atoms with Crippen LogP contribution in [0.1, 0.15) is 12.5 Å². The molecule has 14 heavy (non-hydrogen) atoms. The number of aryl methyl sites for hydroxylation is 1. The zero-order chi connectivity index (χ0) is 10.6. The van der Waals surface area contributed by atoms with Crippen LogP contribution < -0.4 is 10.6 Å². The molecule has 0 unspecified atom stereocenters. The van der Waals surface area contributed by atoms with Gasteiger partial charge >= 0.3 is 0 Å². The molecule has 0 saturated heterocycles. The monoisotopic (exact) mass is 192 g/mol. The third-order valence-corrected chi connectivity index (χ3v) is 2.05. The highest BCUT2D eigenvalue weighted by atomic mass is 16.2. The van der Waals surface area contributed by atoms with Gasteiger partial charge in [-0.05, 0) is 24.6 Å². The maximum absolute atomic E-state index is 11.3. The largest absolute Gasteiger partial charge is 0.329 e. The molecule has 0 bridgehead atoms. The predicted molar refractivity (Wildman–Crippen MR) is 58.3 cm³/mol. The molecule has 1 amide bonds. The molecule has 3 heteroatoms. The highest BCUT2D eigenvalue weighted by Gasteiger charge is 2.09. The zero-order valence-electron chi connectivity index (χ0n) is 8.66. The molecule has 1 aromatic rings. The third kappa shape index (κ3) is 2.57. The van der Waals surface area contributed by atoms with Crippen LogP contribution in [0.25, 0.3) is 0 Å². The molecule has 0 heterocycles. The Hall–Kier alpha value is -1.35. The van der Waals surface area contributed by atoms with Gasteiger partial charge in [0.25, 0.3) is 0 Å². The number of amides is 1. The Morgan fingerprint density at radius 3 is 2.71 bits per heavy atom. The van der Waals surface area contributed by atoms with Gasteiger partial charge in [-0.15, -0.1) is 0 Å². The number of benzene rings is 1. The predicted octanol–water partition coefficient (Wildman–Crippen LogP) is 1.31. The Bertz CT molecular complexity index is 323. The van der Waals surface area contributed by atoms with Crippen molar-refractivity contribution in [2.24, 2.45) is 5.73 Å². The van der Waals surface area contributed by atoms with E-state index in [-0.39, 0.29) is 5.91 Å². The van der Waals surface area contributed by atoms with Gasteiger partial charge in [-0.2, -0.15) is 0 Å². The van der Waals surface area contributed by atoms with Crippen LogP contribution in [0.5, 0.6) is 0 Å². The summed E-state index contributed by atoms with van der Waals surface area (Å²) in [6, 6.07) is 7.85. The van der Waals surface area contributed by atoms with Crippen molar-refractivity contribution in [1.82, 2.24) is 0 Å². The topological polar surface area (TPSA) is 46.3 Å². The number of carbonyl (C=O) groups is 1. The summed E-state index contributed by atoms with van der Waals surface area (Å²) in [5, 5.41) is 0. The first-order valence-electron chi connectivity index (χ1n) is 4.70. The summed E-state index contributed by atoms with van der Waals surface area (Å²) in [5.41, 5.74) is 7.51. The van der Waals surface area contributed by atoms with Gasteiger partial charge in [0.1, 0.15) is 0 Å². The average Bonchev–Trinajstić information content (AvgIpc) is 2.13. The van der Waals surface area contributed by atoms with Crippen LogP contribution in [0.3, 0.4) is 0 Å². The number of rotatable bonds is 3. The molecular weight excluding hydrogens is 176 g/mol. The van der Waals surface area contributed by atoms with Gasteiger partial charge in [-0.1, -0.05) is 12.1 Å². The fourth-order valence-electron chi connectivity index (χ4n) is 1.39. The molecular formula is C11H16N2O. The molecule has 1 aromatic carbocycles. The standard InChI is InChI=1S/C11H16N2O/c1-9-4-3-5-11(8-9)13(7-6-12)10(2)14/h3-5,8H,6-7,12H2,1-2H3. The summed E-state index contributed by atoms with van der Waals surface area (Å²) in [4.78, 5) is 13.0. The summed E-state index contributed by atoms with van der Waals surface area (Å²) in [7, 11) is 0. The highest BCUT2D eigenvalue weighted by Crippen LogP contribution is 2.15. The minimum Gasteiger partial charge on any atom is -0.329 e. The van der Waals surface area contributed by atoms with Crippen molar-refractivity contribution in [3.8, 4) is 0 Å². The molecule has 0 spiro atoms. The molecule has 0 atom stereocenters. The Morgan fingerprint density at radius 2 is 2.21 bits per heavy atom. The molecule has 0 saturated carbocycles. The van der Waals surface area contributed by atoms with Crippen molar-refractivity contribution in [3.05, 3.63) is 29.8 Å². The second kappa shape index (κ2) is 4.77. The molecule has 2 N–H and O–H groups in total. The number of nitrogens with two attached hydrogens (primary N) is 1. The Labute approximate surface area is 84.5 Å². The van der Waals surface area contributed by atoms with Gasteiger partial charge in [0, 0.05) is 25.7 Å². The minimum absolute atomic E-state index is 0.0288. The lowest BCUT2D eigenvalue weighted by atomic mass is 10.2. The maximum atomic E-state index is 11.3. The molecule has 76 valence electrons. The van der Waals surface area contributed by atoms with E-state index >= 15 is 0 Å². The SMILES string of the molecule is CC(=O)N(CCN)c1cccc(C)c1. The van der Waals surface area contributed by atoms with E-state index in [4.69, 9.17) is 5.73 Å². The van der Waals surface area contributed by atoms with Gasteiger partial charge in [0.05, 0.1) is 0 Å². The third-order valence-electron chi connectivity index (χ3n) is 2.05. The van der Waals surface area contributed by atoms with E-state index in [2.05, 4.69) is 0 Å². The maximum Gasteiger partial charge on any atom is 0.223 e. The Morgan fingerprint density at radius 1 is 1.50 bits per heavy atom. The smallest absolute Gasteiger partial charge is 0.223 e. The van der Waals surface area contributed by atoms with Gasteiger partial charge in [-0.25, -0.2) is 0 Å². The van der Waals surface area contributed by atoms with Crippen molar-refractivity contribution in [2.45, 2.75) is 13.8 Å². The molecule has 0 aliphatic carbocycles. The normalized spacial score (nSPS) is 9.93. The fraction of sp³-hybridized carbons (Fsp3) is 0.364. The number of hydrogen-bond acceptors (Lipinski definition) is 2. The lowest BCUT2D eigenvalue weighted by Gasteiger charge is -2.20. The van der Waals surface area contributed by atoms with Crippen LogP contribution in [0.4, 0.5) is 5.69 Å². The first-order chi connectivity index (χ1) is 6.65. The molecule has 0 aromatic heterocycles. The summed E-state index contributed by atoms with van der Waals surface area (Å²) < 4.78 is 0. The van der Waals surface area contributed by atoms with Crippen LogP contribution in [-0.2, 0) is 4.79 Å². The first-order valence-corrected chi connectivity index (χ1v) is 4.70. The second-order valence-electron chi connectivity index (χ2n) is 3.30. The van der Waals surface area contributed by atoms with E-state index in [0.717, 1.165) is 11.3 Å². The summed E-state index contributed by atoms with van der Waals surface area (Å²) >= 11 is 0. The van der Waals surface area contributed by atoms with Gasteiger partial charge in [0.15, 0.2) is 0 Å². The summed E-state index contributed by atoms with van der Waals surface area (Å²) in [6.07, 6.45) is 0. The quantitative estimate of drug-likeness (QED) is 0.784. The van der Waals surface area contributed by atoms with Crippen molar-refractivity contribution in [1.29, 1.82) is 0 Å². The number of nitrogens with zero attached hydrogens (tertiary/aromatic N) is 1. The first kappa shape index (κ1) is 10.7. The van der Waals surface area contributed by atoms with Crippen molar-refractivity contribution in [2.75, 3.05) is 18.0 Å². The summed E-state index contributed by atoms with van der Waals surface area (Å²) in [6.45, 7) is 4.61. The van der Waals surface area contributed by atoms with Crippen LogP contribution in [-0.4, -0.2) is 19.0 Å². The lowest BCUT2D eigenvalue weighted by Crippen LogP contribution is -2.33. The average molecular weight is 192 g/mol. The van der Waals surface area contributed by atoms with Crippen molar-refractivity contribution < 1.29 is 4.79 Å². The van der Waals surface area contributed by atoms with E-state index in [1.807, 2.05) is 31.2 Å².